The van der Waals surface area contributed by atoms with Crippen molar-refractivity contribution in [1.82, 2.24) is 0 Å². The zero-order valence-corrected chi connectivity index (χ0v) is 14.4. The summed E-state index contributed by atoms with van der Waals surface area (Å²) in [5.41, 5.74) is 3.11. The molecule has 0 radical (unpaired) electrons. The quantitative estimate of drug-likeness (QED) is 0.697. The van der Waals surface area contributed by atoms with E-state index in [0.29, 0.717) is 15.1 Å². The first-order chi connectivity index (χ1) is 9.88. The highest BCUT2D eigenvalue weighted by molar-refractivity contribution is 6.44. The Morgan fingerprint density at radius 3 is 2.05 bits per heavy atom. The first-order valence-corrected chi connectivity index (χ1v) is 7.70. The summed E-state index contributed by atoms with van der Waals surface area (Å²) in [6.07, 6.45) is 0. The number of rotatable bonds is 4. The van der Waals surface area contributed by atoms with Crippen molar-refractivity contribution >= 4 is 46.2 Å². The second-order valence-corrected chi connectivity index (χ2v) is 6.32. The topological polar surface area (TPSA) is 15.3 Å². The first-order valence-electron chi connectivity index (χ1n) is 6.57. The molecule has 2 rings (SSSR count). The Morgan fingerprint density at radius 2 is 1.48 bits per heavy atom. The van der Waals surface area contributed by atoms with E-state index in [4.69, 9.17) is 34.8 Å². The van der Waals surface area contributed by atoms with Gasteiger partial charge in [-0.1, -0.05) is 46.9 Å². The lowest BCUT2D eigenvalue weighted by Gasteiger charge is -2.19. The number of nitrogens with one attached hydrogen (secondary N) is 1. The van der Waals surface area contributed by atoms with Gasteiger partial charge in [-0.25, -0.2) is 0 Å². The smallest absolute Gasteiger partial charge is 0.0653 e. The van der Waals surface area contributed by atoms with E-state index in [2.05, 4.69) is 41.4 Å². The minimum Gasteiger partial charge on any atom is -0.378 e. The molecular weight excluding hydrogens is 327 g/mol. The Morgan fingerprint density at radius 1 is 0.905 bits per heavy atom. The van der Waals surface area contributed by atoms with E-state index in [1.165, 1.54) is 11.3 Å². The Balaban J connectivity index is 2.17. The molecule has 112 valence electrons. The third-order valence-electron chi connectivity index (χ3n) is 3.29. The molecule has 0 amide bonds. The van der Waals surface area contributed by atoms with E-state index in [-0.39, 0.29) is 6.04 Å². The molecule has 0 saturated heterocycles. The highest BCUT2D eigenvalue weighted by Crippen LogP contribution is 2.34. The highest BCUT2D eigenvalue weighted by atomic mass is 35.5. The molecule has 0 spiro atoms. The summed E-state index contributed by atoms with van der Waals surface area (Å²) in [4.78, 5) is 2.07. The highest BCUT2D eigenvalue weighted by Gasteiger charge is 2.10. The van der Waals surface area contributed by atoms with Crippen molar-refractivity contribution in [2.24, 2.45) is 0 Å². The van der Waals surface area contributed by atoms with Crippen LogP contribution in [0.15, 0.2) is 36.4 Å². The number of benzene rings is 2. The number of hydrogen-bond acceptors (Lipinski definition) is 2. The summed E-state index contributed by atoms with van der Waals surface area (Å²) < 4.78 is 0. The van der Waals surface area contributed by atoms with Crippen LogP contribution in [0.4, 0.5) is 11.4 Å². The second-order valence-electron chi connectivity index (χ2n) is 5.10. The van der Waals surface area contributed by atoms with Crippen LogP contribution in [0, 0.1) is 0 Å². The van der Waals surface area contributed by atoms with E-state index in [0.717, 1.165) is 5.69 Å². The Bertz CT molecular complexity index is 624. The number of halogens is 3. The van der Waals surface area contributed by atoms with Gasteiger partial charge in [0.25, 0.3) is 0 Å². The standard InChI is InChI=1S/C16H17Cl3N2/c1-10(11-4-6-12(7-5-11)21(2)3)20-16-9-14(18)13(17)8-15(16)19/h4-10,20H,1-3H3. The molecule has 1 unspecified atom stereocenters. The van der Waals surface area contributed by atoms with Crippen LogP contribution in [0.25, 0.3) is 0 Å². The number of hydrogen-bond donors (Lipinski definition) is 1. The predicted molar refractivity (Wildman–Crippen MR) is 94.3 cm³/mol. The van der Waals surface area contributed by atoms with Gasteiger partial charge in [-0.15, -0.1) is 0 Å². The monoisotopic (exact) mass is 342 g/mol. The number of nitrogens with zero attached hydrogens (tertiary/aromatic N) is 1. The van der Waals surface area contributed by atoms with Gasteiger partial charge in [0, 0.05) is 25.8 Å². The number of anilines is 2. The molecule has 0 aliphatic heterocycles. The van der Waals surface area contributed by atoms with Gasteiger partial charge in [0.2, 0.25) is 0 Å². The van der Waals surface area contributed by atoms with E-state index < -0.39 is 0 Å². The van der Waals surface area contributed by atoms with E-state index in [9.17, 15) is 0 Å². The fourth-order valence-electron chi connectivity index (χ4n) is 2.01. The molecule has 2 nitrogen and oxygen atoms in total. The van der Waals surface area contributed by atoms with Crippen LogP contribution in [-0.4, -0.2) is 14.1 Å². The molecule has 0 aromatic heterocycles. The lowest BCUT2D eigenvalue weighted by molar-refractivity contribution is 0.884. The van der Waals surface area contributed by atoms with Crippen molar-refractivity contribution in [2.45, 2.75) is 13.0 Å². The summed E-state index contributed by atoms with van der Waals surface area (Å²) in [6, 6.07) is 11.9. The van der Waals surface area contributed by atoms with Crippen molar-refractivity contribution < 1.29 is 0 Å². The Hall–Kier alpha value is -1.09. The maximum Gasteiger partial charge on any atom is 0.0653 e. The summed E-state index contributed by atoms with van der Waals surface area (Å²) in [5.74, 6) is 0. The van der Waals surface area contributed by atoms with Crippen molar-refractivity contribution in [3.63, 3.8) is 0 Å². The molecule has 0 heterocycles. The molecule has 1 atom stereocenters. The van der Waals surface area contributed by atoms with Crippen LogP contribution in [0.1, 0.15) is 18.5 Å². The third kappa shape index (κ3) is 3.97. The van der Waals surface area contributed by atoms with Crippen molar-refractivity contribution in [2.75, 3.05) is 24.3 Å². The van der Waals surface area contributed by atoms with Crippen molar-refractivity contribution in [1.29, 1.82) is 0 Å². The minimum absolute atomic E-state index is 0.107. The molecule has 1 N–H and O–H groups in total. The van der Waals surface area contributed by atoms with Crippen LogP contribution in [0.2, 0.25) is 15.1 Å². The molecule has 0 saturated carbocycles. The fourth-order valence-corrected chi connectivity index (χ4v) is 2.61. The Labute approximate surface area is 140 Å². The van der Waals surface area contributed by atoms with Gasteiger partial charge in [0.15, 0.2) is 0 Å². The molecule has 0 aliphatic rings. The summed E-state index contributed by atoms with van der Waals surface area (Å²) >= 11 is 18.2. The van der Waals surface area contributed by atoms with Crippen LogP contribution in [0.5, 0.6) is 0 Å². The minimum atomic E-state index is 0.107. The zero-order chi connectivity index (χ0) is 15.6. The molecule has 0 fully saturated rings. The predicted octanol–water partition coefficient (Wildman–Crippen LogP) is 5.89. The zero-order valence-electron chi connectivity index (χ0n) is 12.1. The molecule has 0 aliphatic carbocycles. The average Bonchev–Trinajstić information content (AvgIpc) is 2.44. The molecule has 0 bridgehead atoms. The molecule has 2 aromatic carbocycles. The lowest BCUT2D eigenvalue weighted by atomic mass is 10.1. The first kappa shape index (κ1) is 16.3. The van der Waals surface area contributed by atoms with Crippen LogP contribution in [0.3, 0.4) is 0 Å². The van der Waals surface area contributed by atoms with Gasteiger partial charge in [-0.05, 0) is 36.8 Å². The summed E-state index contributed by atoms with van der Waals surface area (Å²) in [6.45, 7) is 2.07. The molecule has 5 heteroatoms. The summed E-state index contributed by atoms with van der Waals surface area (Å²) in [5, 5.41) is 4.85. The van der Waals surface area contributed by atoms with Crippen LogP contribution in [-0.2, 0) is 0 Å². The van der Waals surface area contributed by atoms with Crippen molar-refractivity contribution in [3.05, 3.63) is 57.0 Å². The van der Waals surface area contributed by atoms with E-state index in [1.807, 2.05) is 14.1 Å². The molecule has 21 heavy (non-hydrogen) atoms. The Kier molecular flexibility index (Phi) is 5.26. The van der Waals surface area contributed by atoms with Crippen LogP contribution >= 0.6 is 34.8 Å². The van der Waals surface area contributed by atoms with Gasteiger partial charge in [-0.2, -0.15) is 0 Å². The average molecular weight is 344 g/mol. The van der Waals surface area contributed by atoms with Gasteiger partial charge < -0.3 is 10.2 Å². The van der Waals surface area contributed by atoms with Gasteiger partial charge in [0.1, 0.15) is 0 Å². The van der Waals surface area contributed by atoms with E-state index >= 15 is 0 Å². The van der Waals surface area contributed by atoms with Gasteiger partial charge in [-0.3, -0.25) is 0 Å². The van der Waals surface area contributed by atoms with E-state index in [1.54, 1.807) is 12.1 Å². The van der Waals surface area contributed by atoms with Crippen molar-refractivity contribution in [3.8, 4) is 0 Å². The van der Waals surface area contributed by atoms with Crippen LogP contribution < -0.4 is 10.2 Å². The molecular formula is C16H17Cl3N2. The molecule has 2 aromatic rings. The lowest BCUT2D eigenvalue weighted by Crippen LogP contribution is -2.10. The maximum absolute atomic E-state index is 6.19. The maximum atomic E-state index is 6.19. The fraction of sp³-hybridized carbons (Fsp3) is 0.250. The van der Waals surface area contributed by atoms with Gasteiger partial charge >= 0.3 is 0 Å². The second kappa shape index (κ2) is 6.78. The third-order valence-corrected chi connectivity index (χ3v) is 4.33. The summed E-state index contributed by atoms with van der Waals surface area (Å²) in [7, 11) is 4.04. The normalized spacial score (nSPS) is 12.1. The largest absolute Gasteiger partial charge is 0.378 e. The SMILES string of the molecule is CC(Nc1cc(Cl)c(Cl)cc1Cl)c1ccc(N(C)C)cc1. The van der Waals surface area contributed by atoms with Gasteiger partial charge in [0.05, 0.1) is 20.8 Å².